The first-order valence-electron chi connectivity index (χ1n) is 10.9. The average Bonchev–Trinajstić information content (AvgIpc) is 3.15. The predicted octanol–water partition coefficient (Wildman–Crippen LogP) is 5.33. The van der Waals surface area contributed by atoms with Gasteiger partial charge in [-0.3, -0.25) is 10.1 Å². The van der Waals surface area contributed by atoms with E-state index in [0.717, 1.165) is 22.3 Å². The van der Waals surface area contributed by atoms with E-state index in [0.29, 0.717) is 6.42 Å². The van der Waals surface area contributed by atoms with Crippen molar-refractivity contribution in [3.63, 3.8) is 0 Å². The Kier molecular flexibility index (Phi) is 5.34. The number of benzene rings is 4. The minimum absolute atomic E-state index is 0.272. The summed E-state index contributed by atoms with van der Waals surface area (Å²) in [6, 6.07) is 36.8. The molecule has 4 aromatic carbocycles. The molecule has 0 bridgehead atoms. The molecule has 0 aromatic heterocycles. The molecule has 32 heavy (non-hydrogen) atoms. The summed E-state index contributed by atoms with van der Waals surface area (Å²) in [4.78, 5) is 13.0. The molecule has 0 fully saturated rings. The monoisotopic (exact) mass is 419 g/mol. The number of carbonyl (C=O) groups excluding carboxylic acids is 1. The van der Waals surface area contributed by atoms with Gasteiger partial charge in [0, 0.05) is 0 Å². The number of methoxy groups -OCH3 is 1. The van der Waals surface area contributed by atoms with Crippen molar-refractivity contribution in [2.75, 3.05) is 7.11 Å². The quantitative estimate of drug-likeness (QED) is 0.429. The van der Waals surface area contributed by atoms with Crippen molar-refractivity contribution >= 4 is 5.97 Å². The van der Waals surface area contributed by atoms with Crippen molar-refractivity contribution in [1.29, 1.82) is 0 Å². The lowest BCUT2D eigenvalue weighted by atomic mass is 9.79. The molecule has 0 unspecified atom stereocenters. The topological polar surface area (TPSA) is 38.3 Å². The lowest BCUT2D eigenvalue weighted by Gasteiger charge is -2.37. The smallest absolute Gasteiger partial charge is 0.323 e. The van der Waals surface area contributed by atoms with Crippen molar-refractivity contribution < 1.29 is 9.53 Å². The van der Waals surface area contributed by atoms with Gasteiger partial charge in [0.05, 0.1) is 12.6 Å². The van der Waals surface area contributed by atoms with E-state index >= 15 is 0 Å². The second-order valence-electron chi connectivity index (χ2n) is 8.12. The maximum Gasteiger partial charge on any atom is 0.323 e. The summed E-state index contributed by atoms with van der Waals surface area (Å²) in [5.74, 6) is -0.272. The van der Waals surface area contributed by atoms with Gasteiger partial charge in [0.2, 0.25) is 0 Å². The van der Waals surface area contributed by atoms with Crippen LogP contribution in [-0.2, 0) is 21.5 Å². The molecule has 5 rings (SSSR count). The Morgan fingerprint density at radius 2 is 1.25 bits per heavy atom. The SMILES string of the molecule is COC(=O)[C@H](Cc1ccccc1)NC1(c2ccccc2)c2ccccc2-c2ccccc21. The van der Waals surface area contributed by atoms with Gasteiger partial charge in [0.25, 0.3) is 0 Å². The van der Waals surface area contributed by atoms with Crippen LogP contribution in [0.2, 0.25) is 0 Å². The van der Waals surface area contributed by atoms with Crippen LogP contribution in [0.4, 0.5) is 0 Å². The van der Waals surface area contributed by atoms with Gasteiger partial charge in [-0.05, 0) is 39.8 Å². The first kappa shape index (κ1) is 20.2. The lowest BCUT2D eigenvalue weighted by molar-refractivity contribution is -0.143. The van der Waals surface area contributed by atoms with E-state index in [1.807, 2.05) is 48.5 Å². The van der Waals surface area contributed by atoms with Crippen molar-refractivity contribution in [2.24, 2.45) is 0 Å². The molecule has 1 aliphatic rings. The Hall–Kier alpha value is -3.69. The number of nitrogens with one attached hydrogen (secondary N) is 1. The molecule has 0 heterocycles. The van der Waals surface area contributed by atoms with E-state index < -0.39 is 11.6 Å². The van der Waals surface area contributed by atoms with E-state index in [9.17, 15) is 4.79 Å². The number of hydrogen-bond donors (Lipinski definition) is 1. The standard InChI is InChI=1S/C29H25NO2/c1-32-28(31)27(20-21-12-4-2-5-13-21)30-29(22-14-6-3-7-15-22)25-18-10-8-16-23(25)24-17-9-11-19-26(24)29/h2-19,27,30H,20H2,1H3/t27-/m0/s1. The Morgan fingerprint density at radius 3 is 1.81 bits per heavy atom. The van der Waals surface area contributed by atoms with Crippen molar-refractivity contribution in [1.82, 2.24) is 5.32 Å². The highest BCUT2D eigenvalue weighted by molar-refractivity contribution is 5.84. The van der Waals surface area contributed by atoms with Crippen LogP contribution in [0.3, 0.4) is 0 Å². The molecule has 158 valence electrons. The Morgan fingerprint density at radius 1 is 0.750 bits per heavy atom. The maximum absolute atomic E-state index is 13.0. The molecule has 0 saturated carbocycles. The number of esters is 1. The van der Waals surface area contributed by atoms with Gasteiger partial charge in [0.15, 0.2) is 0 Å². The highest BCUT2D eigenvalue weighted by atomic mass is 16.5. The average molecular weight is 420 g/mol. The van der Waals surface area contributed by atoms with Crippen LogP contribution in [-0.4, -0.2) is 19.1 Å². The second kappa shape index (κ2) is 8.45. The fraction of sp³-hybridized carbons (Fsp3) is 0.138. The van der Waals surface area contributed by atoms with Crippen molar-refractivity contribution in [3.05, 3.63) is 131 Å². The summed E-state index contributed by atoms with van der Waals surface area (Å²) in [7, 11) is 1.45. The third-order valence-corrected chi connectivity index (χ3v) is 6.32. The number of ether oxygens (including phenoxy) is 1. The zero-order chi connectivity index (χ0) is 22.0. The summed E-state index contributed by atoms with van der Waals surface area (Å²) < 4.78 is 5.25. The van der Waals surface area contributed by atoms with E-state index in [1.54, 1.807) is 0 Å². The van der Waals surface area contributed by atoms with Crippen LogP contribution in [0.5, 0.6) is 0 Å². The van der Waals surface area contributed by atoms with E-state index in [4.69, 9.17) is 4.74 Å². The zero-order valence-corrected chi connectivity index (χ0v) is 18.0. The number of hydrogen-bond acceptors (Lipinski definition) is 3. The van der Waals surface area contributed by atoms with Gasteiger partial charge in [-0.1, -0.05) is 109 Å². The van der Waals surface area contributed by atoms with Gasteiger partial charge in [-0.15, -0.1) is 0 Å². The highest BCUT2D eigenvalue weighted by Crippen LogP contribution is 2.51. The van der Waals surface area contributed by atoms with Crippen molar-refractivity contribution in [2.45, 2.75) is 18.0 Å². The van der Waals surface area contributed by atoms with Crippen LogP contribution in [0, 0.1) is 0 Å². The molecule has 1 atom stereocenters. The van der Waals surface area contributed by atoms with Crippen LogP contribution >= 0.6 is 0 Å². The molecular formula is C29H25NO2. The van der Waals surface area contributed by atoms with Gasteiger partial charge < -0.3 is 4.74 Å². The van der Waals surface area contributed by atoms with Gasteiger partial charge in [0.1, 0.15) is 6.04 Å². The predicted molar refractivity (Wildman–Crippen MR) is 127 cm³/mol. The van der Waals surface area contributed by atoms with Crippen LogP contribution in [0.1, 0.15) is 22.3 Å². The molecule has 0 amide bonds. The van der Waals surface area contributed by atoms with E-state index in [2.05, 4.69) is 66.0 Å². The van der Waals surface area contributed by atoms with Crippen LogP contribution in [0.25, 0.3) is 11.1 Å². The third-order valence-electron chi connectivity index (χ3n) is 6.32. The molecule has 0 aliphatic heterocycles. The maximum atomic E-state index is 13.0. The number of carbonyl (C=O) groups is 1. The summed E-state index contributed by atoms with van der Waals surface area (Å²) in [6.07, 6.45) is 0.534. The molecule has 0 spiro atoms. The minimum Gasteiger partial charge on any atom is -0.468 e. The van der Waals surface area contributed by atoms with Gasteiger partial charge >= 0.3 is 5.97 Å². The Labute approximate surface area is 188 Å². The van der Waals surface area contributed by atoms with E-state index in [1.165, 1.54) is 18.2 Å². The third kappa shape index (κ3) is 3.31. The Bertz CT molecular complexity index is 1190. The lowest BCUT2D eigenvalue weighted by Crippen LogP contribution is -2.52. The normalized spacial score (nSPS) is 14.3. The summed E-state index contributed by atoms with van der Waals surface area (Å²) in [5, 5.41) is 3.78. The second-order valence-corrected chi connectivity index (χ2v) is 8.12. The fourth-order valence-electron chi connectivity index (χ4n) is 4.92. The van der Waals surface area contributed by atoms with Gasteiger partial charge in [-0.25, -0.2) is 0 Å². The van der Waals surface area contributed by atoms with Crippen LogP contribution < -0.4 is 5.32 Å². The molecule has 3 nitrogen and oxygen atoms in total. The van der Waals surface area contributed by atoms with Crippen LogP contribution in [0.15, 0.2) is 109 Å². The first-order chi connectivity index (χ1) is 15.7. The van der Waals surface area contributed by atoms with Crippen molar-refractivity contribution in [3.8, 4) is 11.1 Å². The molecule has 3 heteroatoms. The summed E-state index contributed by atoms with van der Waals surface area (Å²) in [6.45, 7) is 0. The number of rotatable bonds is 6. The first-order valence-corrected chi connectivity index (χ1v) is 10.9. The summed E-state index contributed by atoms with van der Waals surface area (Å²) in [5.41, 5.74) is 6.18. The molecule has 0 radical (unpaired) electrons. The zero-order valence-electron chi connectivity index (χ0n) is 18.0. The van der Waals surface area contributed by atoms with E-state index in [-0.39, 0.29) is 5.97 Å². The van der Waals surface area contributed by atoms with Gasteiger partial charge in [-0.2, -0.15) is 0 Å². The molecule has 0 saturated heterocycles. The molecular weight excluding hydrogens is 394 g/mol. The molecule has 1 aliphatic carbocycles. The molecule has 1 N–H and O–H groups in total. The minimum atomic E-state index is -0.665. The highest BCUT2D eigenvalue weighted by Gasteiger charge is 2.46. The number of fused-ring (bicyclic) bond motifs is 3. The molecule has 4 aromatic rings. The Balaban J connectivity index is 1.71. The largest absolute Gasteiger partial charge is 0.468 e. The fourth-order valence-corrected chi connectivity index (χ4v) is 4.92. The summed E-state index contributed by atoms with van der Waals surface area (Å²) >= 11 is 0.